The van der Waals surface area contributed by atoms with Crippen LogP contribution in [0.3, 0.4) is 0 Å². The zero-order valence-corrected chi connectivity index (χ0v) is 14.9. The van der Waals surface area contributed by atoms with Crippen molar-refractivity contribution in [1.82, 2.24) is 4.90 Å². The maximum atomic E-state index is 12.9. The predicted molar refractivity (Wildman–Crippen MR) is 103 cm³/mol. The van der Waals surface area contributed by atoms with Crippen molar-refractivity contribution in [2.45, 2.75) is 11.4 Å². The van der Waals surface area contributed by atoms with E-state index in [4.69, 9.17) is 4.42 Å². The number of carbonyl (C=O) groups is 2. The molecule has 3 aromatic rings. The summed E-state index contributed by atoms with van der Waals surface area (Å²) in [6.07, 6.45) is 0. The Labute approximate surface area is 158 Å². The number of thioether (sulfide) groups is 1. The fourth-order valence-electron chi connectivity index (χ4n) is 3.62. The van der Waals surface area contributed by atoms with Crippen molar-refractivity contribution < 1.29 is 14.0 Å². The maximum absolute atomic E-state index is 12.9. The fourth-order valence-corrected chi connectivity index (χ4v) is 5.08. The Kier molecular flexibility index (Phi) is 3.58. The van der Waals surface area contributed by atoms with E-state index < -0.39 is 11.7 Å². The molecule has 1 saturated heterocycles. The number of amides is 2. The van der Waals surface area contributed by atoms with Gasteiger partial charge in [-0.25, -0.2) is 4.79 Å². The van der Waals surface area contributed by atoms with Crippen LogP contribution in [0.5, 0.6) is 0 Å². The number of hydrogen-bond acceptors (Lipinski definition) is 5. The third-order valence-corrected chi connectivity index (χ3v) is 6.19. The highest BCUT2D eigenvalue weighted by molar-refractivity contribution is 7.99. The van der Waals surface area contributed by atoms with Gasteiger partial charge in [0, 0.05) is 28.5 Å². The highest BCUT2D eigenvalue weighted by atomic mass is 32.2. The van der Waals surface area contributed by atoms with Crippen LogP contribution >= 0.6 is 11.8 Å². The minimum Gasteiger partial charge on any atom is -0.423 e. The summed E-state index contributed by atoms with van der Waals surface area (Å²) in [7, 11) is 0. The topological polar surface area (TPSA) is 79.6 Å². The summed E-state index contributed by atoms with van der Waals surface area (Å²) in [6, 6.07) is 15.1. The van der Waals surface area contributed by atoms with Gasteiger partial charge in [0.15, 0.2) is 0 Å². The molecule has 5 rings (SSSR count). The van der Waals surface area contributed by atoms with E-state index in [-0.39, 0.29) is 17.2 Å². The molecule has 2 atom stereocenters. The first kappa shape index (κ1) is 16.1. The Morgan fingerprint density at radius 3 is 2.85 bits per heavy atom. The van der Waals surface area contributed by atoms with E-state index in [1.807, 2.05) is 24.3 Å². The lowest BCUT2D eigenvalue weighted by molar-refractivity contribution is -0.119. The molecule has 1 aromatic heterocycles. The van der Waals surface area contributed by atoms with Gasteiger partial charge in [-0.2, -0.15) is 0 Å². The van der Waals surface area contributed by atoms with Gasteiger partial charge < -0.3 is 14.6 Å². The molecule has 2 amide bonds. The van der Waals surface area contributed by atoms with Crippen LogP contribution in [0.15, 0.2) is 63.8 Å². The van der Waals surface area contributed by atoms with Crippen LogP contribution in [0.4, 0.5) is 5.69 Å². The number of hydrogen-bond donors (Lipinski definition) is 1. The van der Waals surface area contributed by atoms with Crippen molar-refractivity contribution in [1.29, 1.82) is 0 Å². The van der Waals surface area contributed by atoms with Gasteiger partial charge in [-0.3, -0.25) is 9.59 Å². The number of nitrogens with zero attached hydrogens (tertiary/aromatic N) is 1. The summed E-state index contributed by atoms with van der Waals surface area (Å²) >= 11 is 1.61. The number of carbonyl (C=O) groups excluding carboxylic acids is 2. The van der Waals surface area contributed by atoms with Gasteiger partial charge in [0.25, 0.3) is 5.91 Å². The SMILES string of the molecule is O=C(Nc1ccc2oc(=O)ccc2c1)[C@H]1CS[C@@H]2c3ccccc3C(=O)N12. The molecule has 0 saturated carbocycles. The van der Waals surface area contributed by atoms with Gasteiger partial charge in [0.05, 0.1) is 0 Å². The lowest BCUT2D eigenvalue weighted by Gasteiger charge is -2.22. The first-order valence-electron chi connectivity index (χ1n) is 8.50. The zero-order chi connectivity index (χ0) is 18.5. The second-order valence-corrected chi connectivity index (χ2v) is 7.61. The first-order chi connectivity index (χ1) is 13.1. The van der Waals surface area contributed by atoms with Gasteiger partial charge in [0.1, 0.15) is 17.0 Å². The van der Waals surface area contributed by atoms with Crippen molar-refractivity contribution in [2.24, 2.45) is 0 Å². The van der Waals surface area contributed by atoms with Crippen LogP contribution in [0, 0.1) is 0 Å². The third kappa shape index (κ3) is 2.54. The number of benzene rings is 2. The summed E-state index contributed by atoms with van der Waals surface area (Å²) in [5.41, 5.74) is 2.29. The van der Waals surface area contributed by atoms with E-state index in [1.54, 1.807) is 40.9 Å². The fraction of sp³-hybridized carbons (Fsp3) is 0.150. The summed E-state index contributed by atoms with van der Waals surface area (Å²) in [5, 5.41) is 3.50. The first-order valence-corrected chi connectivity index (χ1v) is 9.55. The summed E-state index contributed by atoms with van der Waals surface area (Å²) in [4.78, 5) is 38.5. The molecule has 6 nitrogen and oxygen atoms in total. The minimum atomic E-state index is -0.524. The number of nitrogens with one attached hydrogen (secondary N) is 1. The van der Waals surface area contributed by atoms with E-state index in [1.165, 1.54) is 6.07 Å². The van der Waals surface area contributed by atoms with Crippen molar-refractivity contribution in [3.8, 4) is 0 Å². The lowest BCUT2D eigenvalue weighted by Crippen LogP contribution is -2.42. The van der Waals surface area contributed by atoms with Gasteiger partial charge in [-0.05, 0) is 35.9 Å². The van der Waals surface area contributed by atoms with Crippen molar-refractivity contribution >= 4 is 40.2 Å². The lowest BCUT2D eigenvalue weighted by atomic mass is 10.1. The predicted octanol–water partition coefficient (Wildman–Crippen LogP) is 3.00. The number of anilines is 1. The summed E-state index contributed by atoms with van der Waals surface area (Å²) in [5.74, 6) is 0.239. The molecule has 0 spiro atoms. The third-order valence-electron chi connectivity index (χ3n) is 4.88. The number of fused-ring (bicyclic) bond motifs is 4. The number of rotatable bonds is 2. The summed E-state index contributed by atoms with van der Waals surface area (Å²) in [6.45, 7) is 0. The van der Waals surface area contributed by atoms with Crippen LogP contribution in [-0.4, -0.2) is 28.5 Å². The largest absolute Gasteiger partial charge is 0.423 e. The molecule has 2 aromatic carbocycles. The molecule has 134 valence electrons. The van der Waals surface area contributed by atoms with E-state index >= 15 is 0 Å². The average Bonchev–Trinajstić information content (AvgIpc) is 3.23. The van der Waals surface area contributed by atoms with Crippen LogP contribution in [-0.2, 0) is 4.79 Å². The zero-order valence-electron chi connectivity index (χ0n) is 14.0. The highest BCUT2D eigenvalue weighted by Gasteiger charge is 2.48. The molecule has 0 bridgehead atoms. The van der Waals surface area contributed by atoms with Gasteiger partial charge >= 0.3 is 5.63 Å². The molecule has 2 aliphatic heterocycles. The van der Waals surface area contributed by atoms with Crippen LogP contribution in [0.2, 0.25) is 0 Å². The second-order valence-electron chi connectivity index (χ2n) is 6.50. The van der Waals surface area contributed by atoms with Crippen molar-refractivity contribution in [3.05, 3.63) is 76.1 Å². The molecule has 1 N–H and O–H groups in total. The Balaban J connectivity index is 1.40. The highest BCUT2D eigenvalue weighted by Crippen LogP contribution is 2.48. The van der Waals surface area contributed by atoms with E-state index in [2.05, 4.69) is 5.32 Å². The standard InChI is InChI=1S/C20H14N2O4S/c23-17-8-5-11-9-12(6-7-16(11)26-17)21-18(24)15-10-27-20-14-4-2-1-3-13(14)19(25)22(15)20/h1-9,15,20H,10H2,(H,21,24)/t15-,20-/m1/s1. The van der Waals surface area contributed by atoms with Crippen LogP contribution in [0.1, 0.15) is 21.3 Å². The van der Waals surface area contributed by atoms with Crippen LogP contribution in [0.25, 0.3) is 11.0 Å². The molecular weight excluding hydrogens is 364 g/mol. The van der Waals surface area contributed by atoms with Crippen LogP contribution < -0.4 is 10.9 Å². The molecule has 2 aliphatic rings. The molecular formula is C20H14N2O4S. The van der Waals surface area contributed by atoms with E-state index in [9.17, 15) is 14.4 Å². The summed E-state index contributed by atoms with van der Waals surface area (Å²) < 4.78 is 5.10. The quantitative estimate of drug-likeness (QED) is 0.694. The monoisotopic (exact) mass is 378 g/mol. The molecule has 27 heavy (non-hydrogen) atoms. The Morgan fingerprint density at radius 1 is 1.11 bits per heavy atom. The van der Waals surface area contributed by atoms with Crippen molar-refractivity contribution in [2.75, 3.05) is 11.1 Å². The Morgan fingerprint density at radius 2 is 1.96 bits per heavy atom. The molecule has 1 fully saturated rings. The molecule has 7 heteroatoms. The van der Waals surface area contributed by atoms with Gasteiger partial charge in [0.2, 0.25) is 5.91 Å². The molecule has 0 radical (unpaired) electrons. The molecule has 3 heterocycles. The minimum absolute atomic E-state index is 0.0963. The van der Waals surface area contributed by atoms with Gasteiger partial charge in [-0.1, -0.05) is 18.2 Å². The van der Waals surface area contributed by atoms with Crippen molar-refractivity contribution in [3.63, 3.8) is 0 Å². The van der Waals surface area contributed by atoms with E-state index in [0.717, 1.165) is 10.9 Å². The van der Waals surface area contributed by atoms with E-state index in [0.29, 0.717) is 22.6 Å². The maximum Gasteiger partial charge on any atom is 0.336 e. The smallest absolute Gasteiger partial charge is 0.336 e. The average molecular weight is 378 g/mol. The normalized spacial score (nSPS) is 20.6. The Hall–Kier alpha value is -3.06. The Bertz CT molecular complexity index is 1160. The molecule has 0 aliphatic carbocycles. The second kappa shape index (κ2) is 5.99. The van der Waals surface area contributed by atoms with Gasteiger partial charge in [-0.15, -0.1) is 11.8 Å². The molecule has 0 unspecified atom stereocenters.